The molecule has 5 rings (SSSR count). The van der Waals surface area contributed by atoms with Gasteiger partial charge in [-0.3, -0.25) is 24.8 Å². The van der Waals surface area contributed by atoms with Crippen molar-refractivity contribution in [3.05, 3.63) is 57.4 Å². The summed E-state index contributed by atoms with van der Waals surface area (Å²) in [5.41, 5.74) is 4.38. The van der Waals surface area contributed by atoms with Crippen LogP contribution in [0.2, 0.25) is 0 Å². The van der Waals surface area contributed by atoms with Crippen LogP contribution in [0.15, 0.2) is 27.6 Å². The number of carbonyl (C=O) groups excluding carboxylic acids is 1. The van der Waals surface area contributed by atoms with Gasteiger partial charge in [0.1, 0.15) is 17.5 Å². The quantitative estimate of drug-likeness (QED) is 0.522. The number of hydrogen-bond donors (Lipinski definition) is 2. The molecule has 0 bridgehead atoms. The SMILES string of the molecule is CCc1nc2ccc(CN3CCN(Cc4nc(C(=O)NN5CCCC5)co4)CC3)c(F)c2[nH]c1=O. The number of H-pyrrole nitrogens is 1. The van der Waals surface area contributed by atoms with Gasteiger partial charge in [0.05, 0.1) is 12.1 Å². The van der Waals surface area contributed by atoms with E-state index >= 15 is 4.39 Å². The Kier molecular flexibility index (Phi) is 6.89. The van der Waals surface area contributed by atoms with Gasteiger partial charge in [-0.2, -0.15) is 0 Å². The van der Waals surface area contributed by atoms with Crippen LogP contribution < -0.4 is 11.0 Å². The third kappa shape index (κ3) is 5.26. The van der Waals surface area contributed by atoms with Crippen LogP contribution in [-0.4, -0.2) is 74.9 Å². The van der Waals surface area contributed by atoms with Crippen LogP contribution in [0.25, 0.3) is 11.0 Å². The zero-order chi connectivity index (χ0) is 24.4. The fourth-order valence-corrected chi connectivity index (χ4v) is 4.62. The van der Waals surface area contributed by atoms with Crippen LogP contribution in [0.5, 0.6) is 0 Å². The van der Waals surface area contributed by atoms with Crippen molar-refractivity contribution in [1.82, 2.24) is 35.2 Å². The highest BCUT2D eigenvalue weighted by molar-refractivity contribution is 5.91. The Balaban J connectivity index is 1.15. The van der Waals surface area contributed by atoms with Gasteiger partial charge in [0.2, 0.25) is 5.89 Å². The second kappa shape index (κ2) is 10.2. The van der Waals surface area contributed by atoms with Crippen LogP contribution in [0.1, 0.15) is 47.4 Å². The predicted molar refractivity (Wildman–Crippen MR) is 127 cm³/mol. The molecule has 2 aliphatic rings. The number of aryl methyl sites for hydroxylation is 1. The van der Waals surface area contributed by atoms with Crippen molar-refractivity contribution in [3.8, 4) is 0 Å². The Morgan fingerprint density at radius 1 is 1.09 bits per heavy atom. The van der Waals surface area contributed by atoms with Crippen molar-refractivity contribution in [2.75, 3.05) is 39.3 Å². The maximum Gasteiger partial charge on any atom is 0.287 e. The predicted octanol–water partition coefficient (Wildman–Crippen LogP) is 1.67. The molecule has 2 fully saturated rings. The number of halogens is 1. The van der Waals surface area contributed by atoms with E-state index in [4.69, 9.17) is 4.42 Å². The van der Waals surface area contributed by atoms with E-state index in [1.54, 1.807) is 12.1 Å². The zero-order valence-electron chi connectivity index (χ0n) is 19.8. The number of aromatic amines is 1. The van der Waals surface area contributed by atoms with Gasteiger partial charge in [0.25, 0.3) is 11.5 Å². The fourth-order valence-electron chi connectivity index (χ4n) is 4.62. The number of oxazole rings is 1. The minimum Gasteiger partial charge on any atom is -0.447 e. The van der Waals surface area contributed by atoms with Crippen LogP contribution in [0.3, 0.4) is 0 Å². The molecule has 2 N–H and O–H groups in total. The van der Waals surface area contributed by atoms with Crippen LogP contribution >= 0.6 is 0 Å². The fraction of sp³-hybridized carbons (Fsp3) is 0.500. The summed E-state index contributed by atoms with van der Waals surface area (Å²) in [5, 5.41) is 1.91. The molecule has 3 aromatic rings. The molecule has 2 aromatic heterocycles. The lowest BCUT2D eigenvalue weighted by molar-refractivity contribution is 0.0820. The number of carbonyl (C=O) groups is 1. The summed E-state index contributed by atoms with van der Waals surface area (Å²) in [6, 6.07) is 3.51. The lowest BCUT2D eigenvalue weighted by Gasteiger charge is -2.34. The first-order valence-electron chi connectivity index (χ1n) is 12.2. The van der Waals surface area contributed by atoms with Gasteiger partial charge in [-0.05, 0) is 25.3 Å². The monoisotopic (exact) mass is 483 g/mol. The number of rotatable bonds is 7. The van der Waals surface area contributed by atoms with E-state index in [1.165, 1.54) is 6.26 Å². The minimum atomic E-state index is -0.420. The number of hydrazine groups is 1. The molecule has 1 aromatic carbocycles. The van der Waals surface area contributed by atoms with Gasteiger partial charge in [-0.25, -0.2) is 19.4 Å². The molecule has 10 nitrogen and oxygen atoms in total. The second-order valence-corrected chi connectivity index (χ2v) is 9.11. The molecule has 1 amide bonds. The number of hydrogen-bond acceptors (Lipinski definition) is 8. The average molecular weight is 484 g/mol. The van der Waals surface area contributed by atoms with E-state index in [-0.39, 0.29) is 22.7 Å². The Morgan fingerprint density at radius 3 is 2.51 bits per heavy atom. The molecule has 0 spiro atoms. The highest BCUT2D eigenvalue weighted by Crippen LogP contribution is 2.20. The molecule has 0 radical (unpaired) electrons. The maximum absolute atomic E-state index is 15.1. The normalized spacial score (nSPS) is 17.9. The van der Waals surface area contributed by atoms with Crippen LogP contribution in [0.4, 0.5) is 4.39 Å². The molecular formula is C24H30FN7O3. The number of aromatic nitrogens is 3. The van der Waals surface area contributed by atoms with Crippen molar-refractivity contribution < 1.29 is 13.6 Å². The number of nitrogens with zero attached hydrogens (tertiary/aromatic N) is 5. The maximum atomic E-state index is 15.1. The molecule has 4 heterocycles. The van der Waals surface area contributed by atoms with E-state index in [1.807, 2.05) is 11.9 Å². The molecule has 2 saturated heterocycles. The van der Waals surface area contributed by atoms with Crippen LogP contribution in [0, 0.1) is 5.82 Å². The van der Waals surface area contributed by atoms with E-state index in [9.17, 15) is 9.59 Å². The number of nitrogens with one attached hydrogen (secondary N) is 2. The van der Waals surface area contributed by atoms with E-state index < -0.39 is 5.82 Å². The molecule has 35 heavy (non-hydrogen) atoms. The van der Waals surface area contributed by atoms with Crippen molar-refractivity contribution >= 4 is 16.9 Å². The van der Waals surface area contributed by atoms with Gasteiger partial charge in [0, 0.05) is 51.4 Å². The molecule has 2 aliphatic heterocycles. The lowest BCUT2D eigenvalue weighted by atomic mass is 10.1. The topological polar surface area (TPSA) is 111 Å². The van der Waals surface area contributed by atoms with E-state index in [0.717, 1.165) is 52.1 Å². The molecule has 186 valence electrons. The summed E-state index contributed by atoms with van der Waals surface area (Å²) < 4.78 is 20.6. The summed E-state index contributed by atoms with van der Waals surface area (Å²) >= 11 is 0. The first kappa shape index (κ1) is 23.6. The first-order chi connectivity index (χ1) is 17.0. The van der Waals surface area contributed by atoms with E-state index in [2.05, 4.69) is 30.2 Å². The Hall–Kier alpha value is -3.15. The molecule has 0 saturated carbocycles. The molecule has 0 atom stereocenters. The summed E-state index contributed by atoms with van der Waals surface area (Å²) in [4.78, 5) is 40.1. The third-order valence-electron chi connectivity index (χ3n) is 6.66. The Bertz CT molecular complexity index is 1260. The van der Waals surface area contributed by atoms with Crippen LogP contribution in [-0.2, 0) is 19.5 Å². The smallest absolute Gasteiger partial charge is 0.287 e. The Labute approximate surface area is 202 Å². The highest BCUT2D eigenvalue weighted by Gasteiger charge is 2.22. The standard InChI is InChI=1S/C24H30FN7O3/c1-2-17-23(33)28-22-18(26-17)6-5-16(21(22)25)13-30-9-11-31(12-10-30)14-20-27-19(15-35-20)24(34)29-32-7-3-4-8-32/h5-6,15H,2-4,7-14H2,1H3,(H,28,33)(H,29,34). The highest BCUT2D eigenvalue weighted by atomic mass is 19.1. The molecule has 0 unspecified atom stereocenters. The van der Waals surface area contributed by atoms with Gasteiger partial charge >= 0.3 is 0 Å². The van der Waals surface area contributed by atoms with Crippen molar-refractivity contribution in [1.29, 1.82) is 0 Å². The van der Waals surface area contributed by atoms with Gasteiger partial charge < -0.3 is 9.40 Å². The van der Waals surface area contributed by atoms with Crippen molar-refractivity contribution in [2.45, 2.75) is 39.3 Å². The summed E-state index contributed by atoms with van der Waals surface area (Å²) in [7, 11) is 0. The molecule has 11 heteroatoms. The largest absolute Gasteiger partial charge is 0.447 e. The summed E-state index contributed by atoms with van der Waals surface area (Å²) in [6.07, 6.45) is 4.07. The lowest BCUT2D eigenvalue weighted by Crippen LogP contribution is -2.45. The van der Waals surface area contributed by atoms with Gasteiger partial charge in [0.15, 0.2) is 11.5 Å². The number of amides is 1. The second-order valence-electron chi connectivity index (χ2n) is 9.11. The van der Waals surface area contributed by atoms with Gasteiger partial charge in [-0.15, -0.1) is 0 Å². The Morgan fingerprint density at radius 2 is 1.80 bits per heavy atom. The van der Waals surface area contributed by atoms with Crippen molar-refractivity contribution in [3.63, 3.8) is 0 Å². The minimum absolute atomic E-state index is 0.164. The van der Waals surface area contributed by atoms with E-state index in [0.29, 0.717) is 42.2 Å². The number of piperazine rings is 1. The summed E-state index contributed by atoms with van der Waals surface area (Å²) in [5.74, 6) is -0.156. The summed E-state index contributed by atoms with van der Waals surface area (Å²) in [6.45, 7) is 7.58. The van der Waals surface area contributed by atoms with Crippen molar-refractivity contribution in [2.24, 2.45) is 0 Å². The molecular weight excluding hydrogens is 453 g/mol. The zero-order valence-corrected chi connectivity index (χ0v) is 19.8. The van der Waals surface area contributed by atoms with Gasteiger partial charge in [-0.1, -0.05) is 13.0 Å². The number of fused-ring (bicyclic) bond motifs is 1. The number of benzene rings is 1. The third-order valence-corrected chi connectivity index (χ3v) is 6.66. The molecule has 0 aliphatic carbocycles. The first-order valence-corrected chi connectivity index (χ1v) is 12.2. The average Bonchev–Trinajstić information content (AvgIpc) is 3.54.